The van der Waals surface area contributed by atoms with Crippen molar-refractivity contribution < 1.29 is 14.7 Å². The van der Waals surface area contributed by atoms with Crippen LogP contribution in [-0.4, -0.2) is 41.5 Å². The van der Waals surface area contributed by atoms with Gasteiger partial charge in [-0.3, -0.25) is 9.59 Å². The maximum atomic E-state index is 12.2. The Morgan fingerprint density at radius 3 is 2.58 bits per heavy atom. The Bertz CT molecular complexity index is 470. The molecule has 2 amide bonds. The highest BCUT2D eigenvalue weighted by atomic mass is 16.3. The molecule has 0 bridgehead atoms. The Balaban J connectivity index is 2.02. The zero-order valence-electron chi connectivity index (χ0n) is 10.9. The summed E-state index contributed by atoms with van der Waals surface area (Å²) in [6.45, 7) is 2.88. The van der Waals surface area contributed by atoms with Crippen LogP contribution in [0.5, 0.6) is 0 Å². The topological polar surface area (TPSA) is 69.6 Å². The number of amides is 2. The number of anilines is 1. The Morgan fingerprint density at radius 2 is 2.05 bits per heavy atom. The molecule has 19 heavy (non-hydrogen) atoms. The quantitative estimate of drug-likeness (QED) is 0.857. The Morgan fingerprint density at radius 1 is 1.37 bits per heavy atom. The zero-order valence-corrected chi connectivity index (χ0v) is 10.9. The van der Waals surface area contributed by atoms with Gasteiger partial charge in [0.15, 0.2) is 0 Å². The van der Waals surface area contributed by atoms with Gasteiger partial charge < -0.3 is 15.3 Å². The summed E-state index contributed by atoms with van der Waals surface area (Å²) in [6, 6.07) is 6.85. The van der Waals surface area contributed by atoms with Crippen molar-refractivity contribution in [1.29, 1.82) is 0 Å². The van der Waals surface area contributed by atoms with Crippen LogP contribution in [0, 0.1) is 5.92 Å². The summed E-state index contributed by atoms with van der Waals surface area (Å²) >= 11 is 0. The number of likely N-dealkylation sites (tertiary alicyclic amines) is 1. The normalized spacial score (nSPS) is 18.4. The number of hydrogen-bond donors (Lipinski definition) is 2. The van der Waals surface area contributed by atoms with Crippen LogP contribution < -0.4 is 5.32 Å². The summed E-state index contributed by atoms with van der Waals surface area (Å²) in [5.74, 6) is 0.0392. The van der Waals surface area contributed by atoms with Gasteiger partial charge in [-0.1, -0.05) is 0 Å². The highest BCUT2D eigenvalue weighted by Gasteiger charge is 2.26. The van der Waals surface area contributed by atoms with Crippen molar-refractivity contribution in [3.05, 3.63) is 29.8 Å². The molecule has 0 spiro atoms. The third kappa shape index (κ3) is 3.32. The molecule has 5 heteroatoms. The number of hydrogen-bond acceptors (Lipinski definition) is 3. The van der Waals surface area contributed by atoms with E-state index >= 15 is 0 Å². The Hall–Kier alpha value is -1.88. The SMILES string of the molecule is CC(=O)Nc1ccc(C(=O)N2CCC(CO)C2)cc1. The molecule has 1 aromatic rings. The molecule has 1 fully saturated rings. The van der Waals surface area contributed by atoms with Gasteiger partial charge in [0.2, 0.25) is 5.91 Å². The summed E-state index contributed by atoms with van der Waals surface area (Å²) in [5, 5.41) is 11.7. The second-order valence-corrected chi connectivity index (χ2v) is 4.85. The van der Waals surface area contributed by atoms with Gasteiger partial charge in [-0.15, -0.1) is 0 Å². The third-order valence-electron chi connectivity index (χ3n) is 3.28. The lowest BCUT2D eigenvalue weighted by Gasteiger charge is -2.16. The lowest BCUT2D eigenvalue weighted by atomic mass is 10.1. The number of aliphatic hydroxyl groups excluding tert-OH is 1. The van der Waals surface area contributed by atoms with Gasteiger partial charge in [-0.2, -0.15) is 0 Å². The molecular formula is C14H18N2O3. The fraction of sp³-hybridized carbons (Fsp3) is 0.429. The van der Waals surface area contributed by atoms with E-state index in [4.69, 9.17) is 5.11 Å². The number of carbonyl (C=O) groups is 2. The maximum absolute atomic E-state index is 12.2. The first-order valence-corrected chi connectivity index (χ1v) is 6.38. The number of nitrogens with zero attached hydrogens (tertiary/aromatic N) is 1. The van der Waals surface area contributed by atoms with Crippen molar-refractivity contribution in [3.8, 4) is 0 Å². The second kappa shape index (κ2) is 5.84. The first-order valence-electron chi connectivity index (χ1n) is 6.38. The van der Waals surface area contributed by atoms with Crippen molar-refractivity contribution in [3.63, 3.8) is 0 Å². The molecule has 1 unspecified atom stereocenters. The molecule has 1 atom stereocenters. The van der Waals surface area contributed by atoms with E-state index < -0.39 is 0 Å². The van der Waals surface area contributed by atoms with Gasteiger partial charge in [0.25, 0.3) is 5.91 Å². The van der Waals surface area contributed by atoms with E-state index in [1.54, 1.807) is 29.2 Å². The first-order chi connectivity index (χ1) is 9.10. The van der Waals surface area contributed by atoms with Gasteiger partial charge in [-0.05, 0) is 30.7 Å². The Kier molecular flexibility index (Phi) is 4.16. The van der Waals surface area contributed by atoms with Crippen LogP contribution in [0.4, 0.5) is 5.69 Å². The van der Waals surface area contributed by atoms with E-state index in [2.05, 4.69) is 5.32 Å². The Labute approximate surface area is 112 Å². The van der Waals surface area contributed by atoms with Gasteiger partial charge in [-0.25, -0.2) is 0 Å². The van der Waals surface area contributed by atoms with E-state index in [1.807, 2.05) is 0 Å². The van der Waals surface area contributed by atoms with E-state index in [0.717, 1.165) is 6.42 Å². The molecule has 1 aromatic carbocycles. The fourth-order valence-corrected chi connectivity index (χ4v) is 2.25. The molecule has 1 aliphatic rings. The van der Waals surface area contributed by atoms with Crippen molar-refractivity contribution in [1.82, 2.24) is 4.90 Å². The van der Waals surface area contributed by atoms with Crippen LogP contribution in [0.25, 0.3) is 0 Å². The molecule has 1 heterocycles. The van der Waals surface area contributed by atoms with E-state index in [1.165, 1.54) is 6.92 Å². The lowest BCUT2D eigenvalue weighted by molar-refractivity contribution is -0.114. The van der Waals surface area contributed by atoms with E-state index in [9.17, 15) is 9.59 Å². The summed E-state index contributed by atoms with van der Waals surface area (Å²) in [7, 11) is 0. The highest BCUT2D eigenvalue weighted by Crippen LogP contribution is 2.19. The monoisotopic (exact) mass is 262 g/mol. The number of carbonyl (C=O) groups excluding carboxylic acids is 2. The molecule has 0 saturated carbocycles. The van der Waals surface area contributed by atoms with Crippen LogP contribution >= 0.6 is 0 Å². The minimum absolute atomic E-state index is 0.0228. The summed E-state index contributed by atoms with van der Waals surface area (Å²) in [4.78, 5) is 24.9. The zero-order chi connectivity index (χ0) is 13.8. The van der Waals surface area contributed by atoms with Crippen molar-refractivity contribution in [2.24, 2.45) is 5.92 Å². The summed E-state index contributed by atoms with van der Waals surface area (Å²) in [6.07, 6.45) is 0.853. The molecule has 0 radical (unpaired) electrons. The molecular weight excluding hydrogens is 244 g/mol. The maximum Gasteiger partial charge on any atom is 0.253 e. The van der Waals surface area contributed by atoms with Crippen LogP contribution in [0.15, 0.2) is 24.3 Å². The fourth-order valence-electron chi connectivity index (χ4n) is 2.25. The average Bonchev–Trinajstić information content (AvgIpc) is 2.87. The number of nitrogens with one attached hydrogen (secondary N) is 1. The summed E-state index contributed by atoms with van der Waals surface area (Å²) in [5.41, 5.74) is 1.28. The minimum atomic E-state index is -0.135. The average molecular weight is 262 g/mol. The van der Waals surface area contributed by atoms with Gasteiger partial charge in [0.1, 0.15) is 0 Å². The smallest absolute Gasteiger partial charge is 0.253 e. The molecule has 1 aliphatic heterocycles. The van der Waals surface area contributed by atoms with Gasteiger partial charge in [0, 0.05) is 43.8 Å². The largest absolute Gasteiger partial charge is 0.396 e. The van der Waals surface area contributed by atoms with Crippen LogP contribution in [-0.2, 0) is 4.79 Å². The standard InChI is InChI=1S/C14H18N2O3/c1-10(18)15-13-4-2-12(3-5-13)14(19)16-7-6-11(8-16)9-17/h2-5,11,17H,6-9H2,1H3,(H,15,18). The predicted octanol–water partition coefficient (Wildman–Crippen LogP) is 1.10. The van der Waals surface area contributed by atoms with Crippen molar-refractivity contribution in [2.75, 3.05) is 25.0 Å². The third-order valence-corrected chi connectivity index (χ3v) is 3.28. The molecule has 102 valence electrons. The van der Waals surface area contributed by atoms with E-state index in [0.29, 0.717) is 24.3 Å². The van der Waals surface area contributed by atoms with E-state index in [-0.39, 0.29) is 24.3 Å². The van der Waals surface area contributed by atoms with Crippen LogP contribution in [0.3, 0.4) is 0 Å². The molecule has 2 rings (SSSR count). The van der Waals surface area contributed by atoms with Gasteiger partial charge >= 0.3 is 0 Å². The lowest BCUT2D eigenvalue weighted by Crippen LogP contribution is -2.29. The van der Waals surface area contributed by atoms with Gasteiger partial charge in [0.05, 0.1) is 0 Å². The van der Waals surface area contributed by atoms with Crippen molar-refractivity contribution in [2.45, 2.75) is 13.3 Å². The van der Waals surface area contributed by atoms with Crippen LogP contribution in [0.1, 0.15) is 23.7 Å². The highest BCUT2D eigenvalue weighted by molar-refractivity contribution is 5.95. The summed E-state index contributed by atoms with van der Waals surface area (Å²) < 4.78 is 0. The molecule has 0 aromatic heterocycles. The number of benzene rings is 1. The molecule has 1 saturated heterocycles. The van der Waals surface area contributed by atoms with Crippen LogP contribution in [0.2, 0.25) is 0 Å². The molecule has 0 aliphatic carbocycles. The number of aliphatic hydroxyl groups is 1. The molecule has 2 N–H and O–H groups in total. The minimum Gasteiger partial charge on any atom is -0.396 e. The van der Waals surface area contributed by atoms with Crippen molar-refractivity contribution >= 4 is 17.5 Å². The molecule has 5 nitrogen and oxygen atoms in total. The number of rotatable bonds is 3. The second-order valence-electron chi connectivity index (χ2n) is 4.85. The predicted molar refractivity (Wildman–Crippen MR) is 71.8 cm³/mol. The first kappa shape index (κ1) is 13.5.